The predicted octanol–water partition coefficient (Wildman–Crippen LogP) is 3.03. The molecule has 3 rings (SSSR count). The number of nitrogens with one attached hydrogen (secondary N) is 2. The number of carbonyl (C=O) groups excluding carboxylic acids is 1. The summed E-state index contributed by atoms with van der Waals surface area (Å²) in [6.07, 6.45) is 0.815. The second kappa shape index (κ2) is 5.66. The highest BCUT2D eigenvalue weighted by molar-refractivity contribution is 6.05. The third-order valence-corrected chi connectivity index (χ3v) is 3.76. The van der Waals surface area contributed by atoms with E-state index in [-0.39, 0.29) is 11.6 Å². The van der Waals surface area contributed by atoms with Crippen LogP contribution in [0.4, 0.5) is 10.1 Å². The molecule has 0 atom stereocenters. The van der Waals surface area contributed by atoms with Crippen LogP contribution in [0.1, 0.15) is 27.0 Å². The molecule has 1 heterocycles. The van der Waals surface area contributed by atoms with Gasteiger partial charge in [-0.3, -0.25) is 4.79 Å². The Labute approximate surface area is 123 Å². The van der Waals surface area contributed by atoms with Gasteiger partial charge in [0.15, 0.2) is 0 Å². The van der Waals surface area contributed by atoms with E-state index in [4.69, 9.17) is 0 Å². The van der Waals surface area contributed by atoms with E-state index < -0.39 is 5.82 Å². The Bertz CT molecular complexity index is 697. The summed E-state index contributed by atoms with van der Waals surface area (Å²) in [6.45, 7) is 3.45. The minimum Gasteiger partial charge on any atom is -0.319 e. The van der Waals surface area contributed by atoms with Crippen LogP contribution in [0.5, 0.6) is 0 Å². The van der Waals surface area contributed by atoms with Crippen LogP contribution in [0.15, 0.2) is 36.4 Å². The van der Waals surface area contributed by atoms with Crippen LogP contribution in [0.3, 0.4) is 0 Å². The van der Waals surface area contributed by atoms with Gasteiger partial charge >= 0.3 is 0 Å². The number of anilines is 1. The molecule has 21 heavy (non-hydrogen) atoms. The molecule has 2 N–H and O–H groups in total. The molecule has 1 aliphatic rings. The zero-order valence-electron chi connectivity index (χ0n) is 11.9. The summed E-state index contributed by atoms with van der Waals surface area (Å²) >= 11 is 0. The predicted molar refractivity (Wildman–Crippen MR) is 80.9 cm³/mol. The van der Waals surface area contributed by atoms with Gasteiger partial charge in [0.2, 0.25) is 0 Å². The van der Waals surface area contributed by atoms with E-state index in [2.05, 4.69) is 10.6 Å². The van der Waals surface area contributed by atoms with E-state index >= 15 is 0 Å². The van der Waals surface area contributed by atoms with E-state index in [1.165, 1.54) is 6.07 Å². The van der Waals surface area contributed by atoms with Crippen LogP contribution in [0, 0.1) is 12.7 Å². The van der Waals surface area contributed by atoms with Gasteiger partial charge in [-0.1, -0.05) is 18.2 Å². The summed E-state index contributed by atoms with van der Waals surface area (Å²) in [5.41, 5.74) is 3.87. The van der Waals surface area contributed by atoms with Crippen LogP contribution in [0.2, 0.25) is 0 Å². The van der Waals surface area contributed by atoms with Gasteiger partial charge in [-0.05, 0) is 54.8 Å². The Morgan fingerprint density at radius 1 is 1.29 bits per heavy atom. The fourth-order valence-electron chi connectivity index (χ4n) is 2.66. The zero-order valence-corrected chi connectivity index (χ0v) is 11.9. The number of aryl methyl sites for hydroxylation is 1. The van der Waals surface area contributed by atoms with Crippen molar-refractivity contribution in [2.24, 2.45) is 0 Å². The normalized spacial score (nSPS) is 13.6. The molecule has 3 nitrogen and oxygen atoms in total. The third-order valence-electron chi connectivity index (χ3n) is 3.76. The monoisotopic (exact) mass is 284 g/mol. The van der Waals surface area contributed by atoms with Crippen molar-refractivity contribution in [2.75, 3.05) is 11.9 Å². The first kappa shape index (κ1) is 13.8. The number of benzene rings is 2. The Kier molecular flexibility index (Phi) is 3.71. The van der Waals surface area contributed by atoms with Crippen LogP contribution < -0.4 is 10.6 Å². The quantitative estimate of drug-likeness (QED) is 0.890. The Hall–Kier alpha value is -2.20. The minimum atomic E-state index is -0.408. The summed E-state index contributed by atoms with van der Waals surface area (Å²) in [6, 6.07) is 10.5. The summed E-state index contributed by atoms with van der Waals surface area (Å²) in [7, 11) is 0. The molecule has 0 bridgehead atoms. The lowest BCUT2D eigenvalue weighted by Gasteiger charge is -2.20. The summed E-state index contributed by atoms with van der Waals surface area (Å²) in [5.74, 6) is -0.661. The fraction of sp³-hybridized carbons (Fsp3) is 0.235. The summed E-state index contributed by atoms with van der Waals surface area (Å²) < 4.78 is 13.8. The average Bonchev–Trinajstić information content (AvgIpc) is 2.49. The molecule has 1 aliphatic heterocycles. The first-order valence-corrected chi connectivity index (χ1v) is 7.04. The number of carbonyl (C=O) groups is 1. The topological polar surface area (TPSA) is 41.1 Å². The van der Waals surface area contributed by atoms with Gasteiger partial charge in [0, 0.05) is 12.1 Å². The summed E-state index contributed by atoms with van der Waals surface area (Å²) in [5, 5.41) is 5.95. The highest BCUT2D eigenvalue weighted by Gasteiger charge is 2.18. The lowest BCUT2D eigenvalue weighted by molar-refractivity contribution is 0.102. The van der Waals surface area contributed by atoms with Crippen molar-refractivity contribution in [3.63, 3.8) is 0 Å². The van der Waals surface area contributed by atoms with Crippen molar-refractivity contribution >= 4 is 11.6 Å². The number of fused-ring (bicyclic) bond motifs is 1. The van der Waals surface area contributed by atoms with Crippen molar-refractivity contribution in [1.29, 1.82) is 0 Å². The van der Waals surface area contributed by atoms with E-state index in [1.807, 2.05) is 19.1 Å². The van der Waals surface area contributed by atoms with Crippen molar-refractivity contribution in [3.8, 4) is 0 Å². The van der Waals surface area contributed by atoms with Gasteiger partial charge in [-0.15, -0.1) is 0 Å². The van der Waals surface area contributed by atoms with Gasteiger partial charge in [-0.25, -0.2) is 4.39 Å². The van der Waals surface area contributed by atoms with Crippen molar-refractivity contribution in [1.82, 2.24) is 5.32 Å². The first-order chi connectivity index (χ1) is 10.1. The molecule has 2 aromatic rings. The van der Waals surface area contributed by atoms with Crippen molar-refractivity contribution in [2.45, 2.75) is 19.9 Å². The third kappa shape index (κ3) is 2.81. The van der Waals surface area contributed by atoms with E-state index in [9.17, 15) is 9.18 Å². The smallest absolute Gasteiger partial charge is 0.256 e. The van der Waals surface area contributed by atoms with Crippen molar-refractivity contribution in [3.05, 3.63) is 64.5 Å². The van der Waals surface area contributed by atoms with E-state index in [0.717, 1.165) is 36.2 Å². The zero-order chi connectivity index (χ0) is 14.8. The molecule has 0 radical (unpaired) electrons. The van der Waals surface area contributed by atoms with Gasteiger partial charge in [0.05, 0.1) is 5.69 Å². The number of hydrogen-bond donors (Lipinski definition) is 2. The number of halogens is 1. The molecule has 0 aromatic heterocycles. The fourth-order valence-corrected chi connectivity index (χ4v) is 2.66. The highest BCUT2D eigenvalue weighted by Crippen LogP contribution is 2.21. The van der Waals surface area contributed by atoms with Gasteiger partial charge < -0.3 is 10.6 Å². The minimum absolute atomic E-state index is 0.220. The molecule has 0 spiro atoms. The Morgan fingerprint density at radius 3 is 2.95 bits per heavy atom. The molecular formula is C17H17FN2O. The maximum atomic E-state index is 13.8. The number of rotatable bonds is 2. The van der Waals surface area contributed by atoms with Gasteiger partial charge in [-0.2, -0.15) is 0 Å². The standard InChI is InChI=1S/C17H17FN2O/c1-11-5-6-16(15(18)9-11)20-17(21)14-4-2-3-12-10-19-8-7-13(12)14/h2-6,9,19H,7-8,10H2,1H3,(H,20,21). The molecule has 0 fully saturated rings. The second-order valence-corrected chi connectivity index (χ2v) is 5.31. The SMILES string of the molecule is Cc1ccc(NC(=O)c2cccc3c2CCNC3)c(F)c1. The molecule has 0 unspecified atom stereocenters. The van der Waals surface area contributed by atoms with Crippen LogP contribution in [-0.2, 0) is 13.0 Å². The Morgan fingerprint density at radius 2 is 2.14 bits per heavy atom. The summed E-state index contributed by atoms with van der Waals surface area (Å²) in [4.78, 5) is 12.4. The first-order valence-electron chi connectivity index (χ1n) is 7.04. The molecule has 2 aromatic carbocycles. The molecule has 1 amide bonds. The van der Waals surface area contributed by atoms with Crippen LogP contribution in [-0.4, -0.2) is 12.5 Å². The maximum absolute atomic E-state index is 13.8. The second-order valence-electron chi connectivity index (χ2n) is 5.31. The average molecular weight is 284 g/mol. The molecule has 108 valence electrons. The van der Waals surface area contributed by atoms with Crippen LogP contribution >= 0.6 is 0 Å². The molecule has 0 saturated carbocycles. The van der Waals surface area contributed by atoms with Gasteiger partial charge in [0.25, 0.3) is 5.91 Å². The molecule has 0 aliphatic carbocycles. The number of hydrogen-bond acceptors (Lipinski definition) is 2. The van der Waals surface area contributed by atoms with Crippen LogP contribution in [0.25, 0.3) is 0 Å². The lowest BCUT2D eigenvalue weighted by atomic mass is 9.95. The largest absolute Gasteiger partial charge is 0.319 e. The highest BCUT2D eigenvalue weighted by atomic mass is 19.1. The van der Waals surface area contributed by atoms with Gasteiger partial charge in [0.1, 0.15) is 5.82 Å². The Balaban J connectivity index is 1.89. The van der Waals surface area contributed by atoms with E-state index in [0.29, 0.717) is 5.56 Å². The number of amides is 1. The van der Waals surface area contributed by atoms with E-state index in [1.54, 1.807) is 18.2 Å². The lowest BCUT2D eigenvalue weighted by Crippen LogP contribution is -2.26. The van der Waals surface area contributed by atoms with Crippen molar-refractivity contribution < 1.29 is 9.18 Å². The molecule has 0 saturated heterocycles. The maximum Gasteiger partial charge on any atom is 0.256 e. The molecular weight excluding hydrogens is 267 g/mol. The molecule has 4 heteroatoms.